The second-order valence-corrected chi connectivity index (χ2v) is 8.26. The highest BCUT2D eigenvalue weighted by Crippen LogP contribution is 2.43. The van der Waals surface area contributed by atoms with Crippen molar-refractivity contribution < 1.29 is 31.4 Å². The molecule has 1 aliphatic heterocycles. The number of alkyl halides is 5. The van der Waals surface area contributed by atoms with Gasteiger partial charge in [-0.25, -0.2) is 8.78 Å². The van der Waals surface area contributed by atoms with Gasteiger partial charge in [0.15, 0.2) is 6.61 Å². The Morgan fingerprint density at radius 3 is 2.67 bits per heavy atom. The van der Waals surface area contributed by atoms with Crippen LogP contribution in [0.5, 0.6) is 0 Å². The van der Waals surface area contributed by atoms with Crippen LogP contribution in [0.4, 0.5) is 22.0 Å². The fraction of sp³-hybridized carbons (Fsp3) is 0.550. The van der Waals surface area contributed by atoms with Crippen LogP contribution in [-0.2, 0) is 15.7 Å². The molecule has 10 heteroatoms. The van der Waals surface area contributed by atoms with E-state index in [0.717, 1.165) is 18.2 Å². The number of nitrogens with one attached hydrogen (secondary N) is 1. The van der Waals surface area contributed by atoms with Gasteiger partial charge >= 0.3 is 6.18 Å². The number of ether oxygens (including phenoxy) is 2. The Balaban J connectivity index is 0.00000218. The molecule has 1 aliphatic rings. The lowest BCUT2D eigenvalue weighted by molar-refractivity contribution is -0.137. The third-order valence-corrected chi connectivity index (χ3v) is 5.48. The van der Waals surface area contributed by atoms with E-state index < -0.39 is 41.5 Å². The zero-order chi connectivity index (χ0) is 22.9. The highest BCUT2D eigenvalue weighted by molar-refractivity contribution is 8.00. The van der Waals surface area contributed by atoms with Crippen LogP contribution < -0.4 is 5.73 Å². The van der Waals surface area contributed by atoms with Gasteiger partial charge in [-0.05, 0) is 38.0 Å². The lowest BCUT2D eigenvalue weighted by Crippen LogP contribution is -2.38. The van der Waals surface area contributed by atoms with Crippen LogP contribution in [0, 0.1) is 5.41 Å². The molecule has 1 fully saturated rings. The molecule has 30 heavy (non-hydrogen) atoms. The van der Waals surface area contributed by atoms with Crippen molar-refractivity contribution in [2.45, 2.75) is 62.0 Å². The van der Waals surface area contributed by atoms with E-state index in [9.17, 15) is 22.0 Å². The number of benzene rings is 1. The SMILES string of the molecule is CC.CC1(Sc2cccc(C(F)(F)F)c2)CCOC(/C(N)=C/C(=N)OCC(F)F)C1. The van der Waals surface area contributed by atoms with Crippen LogP contribution in [0.25, 0.3) is 0 Å². The van der Waals surface area contributed by atoms with Gasteiger partial charge in [0.25, 0.3) is 6.43 Å². The van der Waals surface area contributed by atoms with Crippen molar-refractivity contribution in [1.82, 2.24) is 0 Å². The number of hydrogen-bond acceptors (Lipinski definition) is 5. The van der Waals surface area contributed by atoms with Crippen LogP contribution in [0.15, 0.2) is 40.9 Å². The van der Waals surface area contributed by atoms with Gasteiger partial charge in [-0.1, -0.05) is 19.9 Å². The Morgan fingerprint density at radius 1 is 1.40 bits per heavy atom. The fourth-order valence-electron chi connectivity index (χ4n) is 2.74. The van der Waals surface area contributed by atoms with E-state index in [1.54, 1.807) is 6.07 Å². The highest BCUT2D eigenvalue weighted by Gasteiger charge is 2.36. The molecule has 0 spiro atoms. The minimum atomic E-state index is -4.42. The first-order chi connectivity index (χ1) is 14.0. The minimum Gasteiger partial charge on any atom is -0.472 e. The third kappa shape index (κ3) is 8.51. The second kappa shape index (κ2) is 11.5. The number of hydrogen-bond donors (Lipinski definition) is 2. The largest absolute Gasteiger partial charge is 0.472 e. The first-order valence-corrected chi connectivity index (χ1v) is 10.2. The fourth-order valence-corrected chi connectivity index (χ4v) is 4.06. The quantitative estimate of drug-likeness (QED) is 0.321. The molecule has 2 rings (SSSR count). The van der Waals surface area contributed by atoms with E-state index in [0.29, 0.717) is 24.3 Å². The summed E-state index contributed by atoms with van der Waals surface area (Å²) in [6, 6.07) is 5.10. The first kappa shape index (κ1) is 26.2. The normalized spacial score (nSPS) is 22.3. The maximum atomic E-state index is 12.9. The van der Waals surface area contributed by atoms with Gasteiger partial charge in [0.05, 0.1) is 11.7 Å². The summed E-state index contributed by atoms with van der Waals surface area (Å²) >= 11 is 1.30. The lowest BCUT2D eigenvalue weighted by Gasteiger charge is -2.38. The maximum Gasteiger partial charge on any atom is 0.416 e. The van der Waals surface area contributed by atoms with E-state index in [1.807, 2.05) is 20.8 Å². The summed E-state index contributed by atoms with van der Waals surface area (Å²) in [6.07, 6.45) is -5.61. The van der Waals surface area contributed by atoms with Crippen LogP contribution in [0.1, 0.15) is 39.2 Å². The maximum absolute atomic E-state index is 12.9. The third-order valence-electron chi connectivity index (χ3n) is 4.13. The Bertz CT molecular complexity index is 727. The van der Waals surface area contributed by atoms with E-state index >= 15 is 0 Å². The Hall–Kier alpha value is -1.81. The summed E-state index contributed by atoms with van der Waals surface area (Å²) in [4.78, 5) is 0.480. The van der Waals surface area contributed by atoms with E-state index in [1.165, 1.54) is 17.8 Å². The highest BCUT2D eigenvalue weighted by atomic mass is 32.2. The summed E-state index contributed by atoms with van der Waals surface area (Å²) in [5.41, 5.74) is 5.36. The molecule has 1 saturated heterocycles. The van der Waals surface area contributed by atoms with Crippen molar-refractivity contribution in [2.24, 2.45) is 5.73 Å². The van der Waals surface area contributed by atoms with Crippen LogP contribution in [-0.4, -0.2) is 36.4 Å². The standard InChI is InChI=1S/C18H21F5N2O2S.C2H6/c1-17(28-12-4-2-3-11(7-12)18(21,22)23)5-6-26-14(9-17)13(24)8-16(25)27-10-15(19)20;1-2/h2-4,7-8,14-15,25H,5-6,9-10,24H2,1H3;1-2H3/b13-8-,25-16?;. The molecule has 0 amide bonds. The van der Waals surface area contributed by atoms with E-state index in [2.05, 4.69) is 4.74 Å². The zero-order valence-corrected chi connectivity index (χ0v) is 17.9. The molecule has 170 valence electrons. The van der Waals surface area contributed by atoms with E-state index in [4.69, 9.17) is 15.9 Å². The Labute approximate surface area is 177 Å². The van der Waals surface area contributed by atoms with Gasteiger partial charge in [0, 0.05) is 28.0 Å². The predicted octanol–water partition coefficient (Wildman–Crippen LogP) is 5.86. The van der Waals surface area contributed by atoms with Crippen molar-refractivity contribution in [3.63, 3.8) is 0 Å². The summed E-state index contributed by atoms with van der Waals surface area (Å²) in [7, 11) is 0. The molecule has 2 atom stereocenters. The molecule has 2 unspecified atom stereocenters. The average Bonchev–Trinajstić information content (AvgIpc) is 2.67. The molecule has 0 aromatic heterocycles. The van der Waals surface area contributed by atoms with Crippen LogP contribution >= 0.6 is 11.8 Å². The van der Waals surface area contributed by atoms with Gasteiger partial charge in [-0.2, -0.15) is 13.2 Å². The summed E-state index contributed by atoms with van der Waals surface area (Å²) < 4.78 is 72.7. The molecular formula is C20H27F5N2O2S. The van der Waals surface area contributed by atoms with Crippen molar-refractivity contribution in [3.05, 3.63) is 41.6 Å². The average molecular weight is 455 g/mol. The molecule has 0 aliphatic carbocycles. The van der Waals surface area contributed by atoms with Gasteiger partial charge in [-0.3, -0.25) is 5.41 Å². The van der Waals surface area contributed by atoms with Crippen molar-refractivity contribution in [2.75, 3.05) is 13.2 Å². The molecule has 4 nitrogen and oxygen atoms in total. The second-order valence-electron chi connectivity index (χ2n) is 6.60. The van der Waals surface area contributed by atoms with Crippen LogP contribution in [0.2, 0.25) is 0 Å². The minimum absolute atomic E-state index is 0.148. The topological polar surface area (TPSA) is 68.3 Å². The smallest absolute Gasteiger partial charge is 0.416 e. The van der Waals surface area contributed by atoms with E-state index in [-0.39, 0.29) is 5.70 Å². The molecule has 1 aromatic rings. The zero-order valence-electron chi connectivity index (χ0n) is 17.1. The van der Waals surface area contributed by atoms with Crippen LogP contribution in [0.3, 0.4) is 0 Å². The molecule has 0 bridgehead atoms. The Kier molecular flexibility index (Phi) is 10.1. The molecule has 3 N–H and O–H groups in total. The summed E-state index contributed by atoms with van der Waals surface area (Å²) in [5.74, 6) is -0.501. The molecule has 0 saturated carbocycles. The van der Waals surface area contributed by atoms with Gasteiger partial charge in [-0.15, -0.1) is 11.8 Å². The Morgan fingerprint density at radius 2 is 2.07 bits per heavy atom. The first-order valence-electron chi connectivity index (χ1n) is 9.43. The van der Waals surface area contributed by atoms with Gasteiger partial charge < -0.3 is 15.2 Å². The van der Waals surface area contributed by atoms with Crippen molar-refractivity contribution >= 4 is 17.7 Å². The molecule has 0 radical (unpaired) electrons. The molecule has 1 aromatic carbocycles. The number of nitrogens with two attached hydrogens (primary N) is 1. The van der Waals surface area contributed by atoms with Crippen molar-refractivity contribution in [3.8, 4) is 0 Å². The predicted molar refractivity (Wildman–Crippen MR) is 108 cm³/mol. The number of thioether (sulfide) groups is 1. The number of halogens is 5. The van der Waals surface area contributed by atoms with Crippen molar-refractivity contribution in [1.29, 1.82) is 5.41 Å². The summed E-state index contributed by atoms with van der Waals surface area (Å²) in [6.45, 7) is 5.32. The molecule has 1 heterocycles. The van der Waals surface area contributed by atoms with Gasteiger partial charge in [0.2, 0.25) is 5.90 Å². The lowest BCUT2D eigenvalue weighted by atomic mass is 9.95. The van der Waals surface area contributed by atoms with Gasteiger partial charge in [0.1, 0.15) is 0 Å². The number of rotatable bonds is 6. The molecular weight excluding hydrogens is 427 g/mol. The monoisotopic (exact) mass is 454 g/mol. The summed E-state index contributed by atoms with van der Waals surface area (Å²) in [5, 5.41) is 7.51.